The minimum Gasteiger partial charge on any atom is -0.506 e. The Balaban J connectivity index is 2.84. The lowest BCUT2D eigenvalue weighted by Crippen LogP contribution is -2.19. The SMILES string of the molecule is CC(C)OC(=O)C[C@H](N)c1cc(Cl)cc(Br)c1O. The maximum Gasteiger partial charge on any atom is 0.307 e. The van der Waals surface area contributed by atoms with Gasteiger partial charge < -0.3 is 15.6 Å². The second kappa shape index (κ2) is 6.41. The molecule has 0 aliphatic carbocycles. The molecular weight excluding hydrogens is 321 g/mol. The van der Waals surface area contributed by atoms with Crippen LogP contribution in [-0.4, -0.2) is 17.2 Å². The van der Waals surface area contributed by atoms with Crippen molar-refractivity contribution < 1.29 is 14.6 Å². The lowest BCUT2D eigenvalue weighted by atomic mass is 10.0. The molecule has 0 aliphatic rings. The number of ether oxygens (including phenoxy) is 1. The van der Waals surface area contributed by atoms with Gasteiger partial charge in [0.15, 0.2) is 0 Å². The summed E-state index contributed by atoms with van der Waals surface area (Å²) >= 11 is 9.04. The first-order valence-electron chi connectivity index (χ1n) is 5.44. The van der Waals surface area contributed by atoms with E-state index < -0.39 is 12.0 Å². The van der Waals surface area contributed by atoms with Crippen molar-refractivity contribution in [1.29, 1.82) is 0 Å². The summed E-state index contributed by atoms with van der Waals surface area (Å²) < 4.78 is 5.44. The molecule has 100 valence electrons. The van der Waals surface area contributed by atoms with E-state index in [4.69, 9.17) is 22.1 Å². The van der Waals surface area contributed by atoms with Crippen molar-refractivity contribution in [2.24, 2.45) is 5.73 Å². The van der Waals surface area contributed by atoms with Gasteiger partial charge in [0, 0.05) is 16.6 Å². The van der Waals surface area contributed by atoms with Crippen LogP contribution in [0.3, 0.4) is 0 Å². The molecule has 0 heterocycles. The van der Waals surface area contributed by atoms with Crippen LogP contribution < -0.4 is 5.73 Å². The summed E-state index contributed by atoms with van der Waals surface area (Å²) in [6.45, 7) is 3.52. The Morgan fingerprint density at radius 1 is 1.56 bits per heavy atom. The average molecular weight is 337 g/mol. The van der Waals surface area contributed by atoms with Crippen LogP contribution >= 0.6 is 27.5 Å². The molecular formula is C12H15BrClNO3. The van der Waals surface area contributed by atoms with Gasteiger partial charge in [0.1, 0.15) is 5.75 Å². The number of hydrogen-bond donors (Lipinski definition) is 2. The van der Waals surface area contributed by atoms with Gasteiger partial charge in [0.2, 0.25) is 0 Å². The van der Waals surface area contributed by atoms with Crippen molar-refractivity contribution in [1.82, 2.24) is 0 Å². The van der Waals surface area contributed by atoms with Crippen molar-refractivity contribution in [3.63, 3.8) is 0 Å². The fraction of sp³-hybridized carbons (Fsp3) is 0.417. The number of esters is 1. The zero-order valence-electron chi connectivity index (χ0n) is 10.1. The number of halogens is 2. The van der Waals surface area contributed by atoms with Crippen LogP contribution in [-0.2, 0) is 9.53 Å². The Morgan fingerprint density at radius 2 is 2.17 bits per heavy atom. The van der Waals surface area contributed by atoms with Gasteiger partial charge in [-0.15, -0.1) is 0 Å². The summed E-state index contributed by atoms with van der Waals surface area (Å²) in [6.07, 6.45) is -0.206. The molecule has 4 nitrogen and oxygen atoms in total. The fourth-order valence-electron chi connectivity index (χ4n) is 1.47. The molecule has 0 aliphatic heterocycles. The number of phenols is 1. The first-order chi connectivity index (χ1) is 8.31. The van der Waals surface area contributed by atoms with Crippen molar-refractivity contribution >= 4 is 33.5 Å². The van der Waals surface area contributed by atoms with Gasteiger partial charge in [-0.05, 0) is 41.9 Å². The highest BCUT2D eigenvalue weighted by atomic mass is 79.9. The minimum atomic E-state index is -0.661. The molecule has 3 N–H and O–H groups in total. The first kappa shape index (κ1) is 15.3. The topological polar surface area (TPSA) is 72.5 Å². The molecule has 0 fully saturated rings. The number of carbonyl (C=O) groups is 1. The molecule has 0 bridgehead atoms. The van der Waals surface area contributed by atoms with E-state index in [-0.39, 0.29) is 18.3 Å². The Bertz CT molecular complexity index is 451. The Kier molecular flexibility index (Phi) is 5.44. The lowest BCUT2D eigenvalue weighted by molar-refractivity contribution is -0.147. The van der Waals surface area contributed by atoms with Crippen molar-refractivity contribution in [2.45, 2.75) is 32.4 Å². The largest absolute Gasteiger partial charge is 0.506 e. The molecule has 0 saturated carbocycles. The van der Waals surface area contributed by atoms with Crippen molar-refractivity contribution in [3.8, 4) is 5.75 Å². The third-order valence-corrected chi connectivity index (χ3v) is 3.03. The second-order valence-electron chi connectivity index (χ2n) is 4.17. The molecule has 1 aromatic rings. The molecule has 1 aromatic carbocycles. The third-order valence-electron chi connectivity index (χ3n) is 2.21. The summed E-state index contributed by atoms with van der Waals surface area (Å²) in [6, 6.07) is 2.43. The minimum absolute atomic E-state index is 0.00996. The number of benzene rings is 1. The summed E-state index contributed by atoms with van der Waals surface area (Å²) in [5.74, 6) is -0.419. The van der Waals surface area contributed by atoms with Crippen LogP contribution in [0.4, 0.5) is 0 Å². The number of carbonyl (C=O) groups excluding carboxylic acids is 1. The van der Waals surface area contributed by atoms with Crippen molar-refractivity contribution in [2.75, 3.05) is 0 Å². The van der Waals surface area contributed by atoms with E-state index in [1.165, 1.54) is 6.07 Å². The number of nitrogens with two attached hydrogens (primary N) is 1. The summed E-state index contributed by atoms with van der Waals surface area (Å²) in [5.41, 5.74) is 6.28. The van der Waals surface area contributed by atoms with E-state index in [0.29, 0.717) is 15.1 Å². The fourth-order valence-corrected chi connectivity index (χ4v) is 2.30. The second-order valence-corrected chi connectivity index (χ2v) is 5.47. The van der Waals surface area contributed by atoms with E-state index in [9.17, 15) is 9.90 Å². The molecule has 0 unspecified atom stereocenters. The van der Waals surface area contributed by atoms with Crippen LogP contribution in [0.15, 0.2) is 16.6 Å². The maximum absolute atomic E-state index is 11.5. The number of rotatable bonds is 4. The standard InChI is InChI=1S/C12H15BrClNO3/c1-6(2)18-11(16)5-10(15)8-3-7(14)4-9(13)12(8)17/h3-4,6,10,17H,5,15H2,1-2H3/t10-/m0/s1. The normalized spacial score (nSPS) is 12.6. The Morgan fingerprint density at radius 3 is 2.72 bits per heavy atom. The van der Waals surface area contributed by atoms with Gasteiger partial charge in [-0.2, -0.15) is 0 Å². The molecule has 0 spiro atoms. The molecule has 18 heavy (non-hydrogen) atoms. The number of aromatic hydroxyl groups is 1. The quantitative estimate of drug-likeness (QED) is 0.829. The third kappa shape index (κ3) is 4.15. The van der Waals surface area contributed by atoms with E-state index in [1.807, 2.05) is 0 Å². The molecule has 0 saturated heterocycles. The summed E-state index contributed by atoms with van der Waals surface area (Å²) in [7, 11) is 0. The molecule has 0 aromatic heterocycles. The van der Waals surface area contributed by atoms with Gasteiger partial charge in [-0.3, -0.25) is 4.79 Å². The van der Waals surface area contributed by atoms with Gasteiger partial charge in [0.25, 0.3) is 0 Å². The monoisotopic (exact) mass is 335 g/mol. The van der Waals surface area contributed by atoms with E-state index >= 15 is 0 Å². The summed E-state index contributed by atoms with van der Waals surface area (Å²) in [5, 5.41) is 10.3. The van der Waals surface area contributed by atoms with Crippen molar-refractivity contribution in [3.05, 3.63) is 27.2 Å². The van der Waals surface area contributed by atoms with Gasteiger partial charge >= 0.3 is 5.97 Å². The van der Waals surface area contributed by atoms with Crippen LogP contribution in [0, 0.1) is 0 Å². The summed E-state index contributed by atoms with van der Waals surface area (Å²) in [4.78, 5) is 11.5. The highest BCUT2D eigenvalue weighted by Gasteiger charge is 2.19. The van der Waals surface area contributed by atoms with Crippen LogP contribution in [0.2, 0.25) is 5.02 Å². The number of phenolic OH excluding ortho intramolecular Hbond substituents is 1. The first-order valence-corrected chi connectivity index (χ1v) is 6.61. The zero-order chi connectivity index (χ0) is 13.9. The molecule has 0 radical (unpaired) electrons. The van der Waals surface area contributed by atoms with Crippen LogP contribution in [0.5, 0.6) is 5.75 Å². The van der Waals surface area contributed by atoms with E-state index in [1.54, 1.807) is 19.9 Å². The highest BCUT2D eigenvalue weighted by Crippen LogP contribution is 2.35. The maximum atomic E-state index is 11.5. The smallest absolute Gasteiger partial charge is 0.307 e. The number of hydrogen-bond acceptors (Lipinski definition) is 4. The Hall–Kier alpha value is -0.780. The lowest BCUT2D eigenvalue weighted by Gasteiger charge is -2.15. The molecule has 1 atom stereocenters. The highest BCUT2D eigenvalue weighted by molar-refractivity contribution is 9.10. The average Bonchev–Trinajstić information content (AvgIpc) is 2.21. The molecule has 6 heteroatoms. The zero-order valence-corrected chi connectivity index (χ0v) is 12.5. The van der Waals surface area contributed by atoms with Gasteiger partial charge in [-0.25, -0.2) is 0 Å². The van der Waals surface area contributed by atoms with Crippen LogP contribution in [0.1, 0.15) is 31.9 Å². The molecule has 1 rings (SSSR count). The predicted molar refractivity (Wildman–Crippen MR) is 73.6 cm³/mol. The van der Waals surface area contributed by atoms with Crippen LogP contribution in [0.25, 0.3) is 0 Å². The van der Waals surface area contributed by atoms with Gasteiger partial charge in [0.05, 0.1) is 17.0 Å². The van der Waals surface area contributed by atoms with E-state index in [2.05, 4.69) is 15.9 Å². The Labute approximate surface area is 119 Å². The molecule has 0 amide bonds. The van der Waals surface area contributed by atoms with E-state index in [0.717, 1.165) is 0 Å². The predicted octanol–water partition coefficient (Wildman–Crippen LogP) is 3.15. The van der Waals surface area contributed by atoms with Gasteiger partial charge in [-0.1, -0.05) is 11.6 Å².